The zero-order valence-corrected chi connectivity index (χ0v) is 17.5. The second-order valence-corrected chi connectivity index (χ2v) is 7.68. The van der Waals surface area contributed by atoms with Crippen molar-refractivity contribution in [3.8, 4) is 17.2 Å². The predicted molar refractivity (Wildman–Crippen MR) is 116 cm³/mol. The number of hydrogen-bond acceptors (Lipinski definition) is 5. The molecule has 162 valence electrons. The molecular weight excluding hydrogens is 397 g/mol. The molecule has 1 aliphatic rings. The van der Waals surface area contributed by atoms with Crippen LogP contribution >= 0.6 is 0 Å². The predicted octanol–water partition coefficient (Wildman–Crippen LogP) is 4.30. The first-order valence-corrected chi connectivity index (χ1v) is 10.3. The van der Waals surface area contributed by atoms with Gasteiger partial charge in [-0.25, -0.2) is 4.39 Å². The Morgan fingerprint density at radius 3 is 2.61 bits per heavy atom. The van der Waals surface area contributed by atoms with Crippen molar-refractivity contribution < 1.29 is 23.7 Å². The Kier molecular flexibility index (Phi) is 6.70. The molecule has 31 heavy (non-hydrogen) atoms. The summed E-state index contributed by atoms with van der Waals surface area (Å²) in [5, 5.41) is 10.6. The minimum absolute atomic E-state index is 0.153. The van der Waals surface area contributed by atoms with Crippen LogP contribution in [0.5, 0.6) is 17.2 Å². The van der Waals surface area contributed by atoms with Crippen LogP contribution in [0, 0.1) is 12.7 Å². The van der Waals surface area contributed by atoms with Gasteiger partial charge >= 0.3 is 0 Å². The summed E-state index contributed by atoms with van der Waals surface area (Å²) >= 11 is 0. The molecule has 1 heterocycles. The number of aliphatic hydroxyl groups excluding tert-OH is 1. The van der Waals surface area contributed by atoms with Gasteiger partial charge in [0.2, 0.25) is 6.79 Å². The molecule has 3 aromatic rings. The molecule has 0 unspecified atom stereocenters. The molecule has 0 bridgehead atoms. The number of halogens is 1. The summed E-state index contributed by atoms with van der Waals surface area (Å²) in [6, 6.07) is 20.1. The number of aliphatic hydroxyl groups is 1. The van der Waals surface area contributed by atoms with Crippen molar-refractivity contribution in [3.63, 3.8) is 0 Å². The number of ether oxygens (including phenoxy) is 3. The van der Waals surface area contributed by atoms with Gasteiger partial charge in [-0.15, -0.1) is 0 Å². The first kappa shape index (κ1) is 21.2. The average Bonchev–Trinajstić information content (AvgIpc) is 3.23. The topological polar surface area (TPSA) is 51.2 Å². The van der Waals surface area contributed by atoms with Gasteiger partial charge in [-0.1, -0.05) is 42.5 Å². The molecule has 4 rings (SSSR count). The van der Waals surface area contributed by atoms with Crippen LogP contribution in [-0.4, -0.2) is 36.1 Å². The van der Waals surface area contributed by atoms with E-state index in [9.17, 15) is 9.50 Å². The van der Waals surface area contributed by atoms with Crippen LogP contribution in [0.2, 0.25) is 0 Å². The van der Waals surface area contributed by atoms with E-state index < -0.39 is 6.10 Å². The Morgan fingerprint density at radius 2 is 1.77 bits per heavy atom. The Morgan fingerprint density at radius 1 is 1.00 bits per heavy atom. The first-order valence-electron chi connectivity index (χ1n) is 10.3. The van der Waals surface area contributed by atoms with E-state index in [1.807, 2.05) is 60.4 Å². The van der Waals surface area contributed by atoms with E-state index in [1.54, 1.807) is 12.1 Å². The van der Waals surface area contributed by atoms with E-state index in [4.69, 9.17) is 14.2 Å². The summed E-state index contributed by atoms with van der Waals surface area (Å²) in [4.78, 5) is 2.00. The van der Waals surface area contributed by atoms with Crippen LogP contribution in [0.4, 0.5) is 4.39 Å². The van der Waals surface area contributed by atoms with Crippen LogP contribution in [0.1, 0.15) is 16.7 Å². The zero-order valence-electron chi connectivity index (χ0n) is 17.5. The second kappa shape index (κ2) is 9.81. The highest BCUT2D eigenvalue weighted by Crippen LogP contribution is 2.33. The van der Waals surface area contributed by atoms with Crippen LogP contribution < -0.4 is 14.2 Å². The molecule has 0 aromatic heterocycles. The van der Waals surface area contributed by atoms with Crippen LogP contribution in [0.25, 0.3) is 0 Å². The minimum atomic E-state index is -0.736. The lowest BCUT2D eigenvalue weighted by atomic mass is 10.1. The Bertz CT molecular complexity index is 1030. The van der Waals surface area contributed by atoms with Gasteiger partial charge in [0.1, 0.15) is 24.3 Å². The zero-order chi connectivity index (χ0) is 21.6. The number of rotatable bonds is 9. The molecule has 0 radical (unpaired) electrons. The van der Waals surface area contributed by atoms with Crippen molar-refractivity contribution in [1.29, 1.82) is 0 Å². The smallest absolute Gasteiger partial charge is 0.231 e. The highest BCUT2D eigenvalue weighted by atomic mass is 19.1. The first-order chi connectivity index (χ1) is 15.1. The van der Waals surface area contributed by atoms with Gasteiger partial charge < -0.3 is 19.3 Å². The molecule has 0 amide bonds. The van der Waals surface area contributed by atoms with Gasteiger partial charge in [-0.3, -0.25) is 4.90 Å². The number of aryl methyl sites for hydroxylation is 1. The lowest BCUT2D eigenvalue weighted by molar-refractivity contribution is 0.0622. The van der Waals surface area contributed by atoms with Crippen LogP contribution in [0.3, 0.4) is 0 Å². The van der Waals surface area contributed by atoms with Gasteiger partial charge in [0, 0.05) is 25.2 Å². The molecular formula is C25H26FNO4. The van der Waals surface area contributed by atoms with E-state index >= 15 is 0 Å². The maximum absolute atomic E-state index is 14.3. The van der Waals surface area contributed by atoms with Crippen molar-refractivity contribution in [3.05, 3.63) is 89.2 Å². The Labute approximate surface area is 181 Å². The lowest BCUT2D eigenvalue weighted by Crippen LogP contribution is -2.35. The van der Waals surface area contributed by atoms with Crippen LogP contribution in [-0.2, 0) is 13.1 Å². The minimum Gasteiger partial charge on any atom is -0.491 e. The summed E-state index contributed by atoms with van der Waals surface area (Å²) in [6.07, 6.45) is -0.736. The molecule has 0 spiro atoms. The molecule has 0 saturated carbocycles. The van der Waals surface area contributed by atoms with Crippen molar-refractivity contribution in [2.45, 2.75) is 26.1 Å². The Balaban J connectivity index is 1.45. The molecule has 6 heteroatoms. The number of hydrogen-bond donors (Lipinski definition) is 1. The van der Waals surface area contributed by atoms with Crippen molar-refractivity contribution >= 4 is 0 Å². The third-order valence-electron chi connectivity index (χ3n) is 5.19. The maximum atomic E-state index is 14.3. The largest absolute Gasteiger partial charge is 0.491 e. The normalized spacial score (nSPS) is 13.4. The van der Waals surface area contributed by atoms with E-state index in [1.165, 1.54) is 6.07 Å². The standard InChI is InChI=1S/C25H26FNO4/c1-18-6-2-5-9-23(18)29-16-21(28)15-27(14-20-7-3-4-8-22(20)26)13-19-10-11-24-25(12-19)31-17-30-24/h2-12,21,28H,13-17H2,1H3/t21-/m0/s1. The quantitative estimate of drug-likeness (QED) is 0.556. The SMILES string of the molecule is Cc1ccccc1OC[C@@H](O)CN(Cc1ccc2c(c1)OCO2)Cc1ccccc1F. The fraction of sp³-hybridized carbons (Fsp3) is 0.280. The second-order valence-electron chi connectivity index (χ2n) is 7.68. The highest BCUT2D eigenvalue weighted by molar-refractivity contribution is 5.44. The van der Waals surface area contributed by atoms with Gasteiger partial charge in [0.25, 0.3) is 0 Å². The van der Waals surface area contributed by atoms with Crippen LogP contribution in [0.15, 0.2) is 66.7 Å². The molecule has 1 aliphatic heterocycles. The fourth-order valence-electron chi connectivity index (χ4n) is 3.61. The number of benzene rings is 3. The lowest BCUT2D eigenvalue weighted by Gasteiger charge is -2.26. The summed E-state index contributed by atoms with van der Waals surface area (Å²) < 4.78 is 30.9. The number of nitrogens with zero attached hydrogens (tertiary/aromatic N) is 1. The van der Waals surface area contributed by atoms with Gasteiger partial charge in [0.05, 0.1) is 0 Å². The summed E-state index contributed by atoms with van der Waals surface area (Å²) in [5.74, 6) is 1.91. The Hall–Kier alpha value is -3.09. The molecule has 0 fully saturated rings. The van der Waals surface area contributed by atoms with E-state index in [2.05, 4.69) is 0 Å². The highest BCUT2D eigenvalue weighted by Gasteiger charge is 2.18. The molecule has 1 atom stereocenters. The summed E-state index contributed by atoms with van der Waals surface area (Å²) in [5.41, 5.74) is 2.58. The monoisotopic (exact) mass is 423 g/mol. The molecule has 1 N–H and O–H groups in total. The van der Waals surface area contributed by atoms with Crippen molar-refractivity contribution in [2.24, 2.45) is 0 Å². The summed E-state index contributed by atoms with van der Waals surface area (Å²) in [7, 11) is 0. The van der Waals surface area contributed by atoms with E-state index in [0.29, 0.717) is 30.9 Å². The van der Waals surface area contributed by atoms with Gasteiger partial charge in [0.15, 0.2) is 11.5 Å². The molecule has 3 aromatic carbocycles. The number of fused-ring (bicyclic) bond motifs is 1. The van der Waals surface area contributed by atoms with Crippen molar-refractivity contribution in [2.75, 3.05) is 19.9 Å². The maximum Gasteiger partial charge on any atom is 0.231 e. The average molecular weight is 423 g/mol. The number of para-hydroxylation sites is 1. The van der Waals surface area contributed by atoms with E-state index in [0.717, 1.165) is 22.6 Å². The third kappa shape index (κ3) is 5.54. The molecule has 5 nitrogen and oxygen atoms in total. The van der Waals surface area contributed by atoms with Crippen molar-refractivity contribution in [1.82, 2.24) is 4.90 Å². The molecule has 0 aliphatic carbocycles. The molecule has 0 saturated heterocycles. The fourth-order valence-corrected chi connectivity index (χ4v) is 3.61. The van der Waals surface area contributed by atoms with Gasteiger partial charge in [-0.2, -0.15) is 0 Å². The van der Waals surface area contributed by atoms with Gasteiger partial charge in [-0.05, 0) is 42.3 Å². The third-order valence-corrected chi connectivity index (χ3v) is 5.19. The summed E-state index contributed by atoms with van der Waals surface area (Å²) in [6.45, 7) is 3.54. The van der Waals surface area contributed by atoms with E-state index in [-0.39, 0.29) is 19.2 Å².